The number of benzene rings is 2. The minimum atomic E-state index is -3.53. The molecule has 0 aromatic heterocycles. The van der Waals surface area contributed by atoms with Crippen LogP contribution in [0.2, 0.25) is 0 Å². The van der Waals surface area contributed by atoms with Gasteiger partial charge in [-0.25, -0.2) is 8.42 Å². The molecular weight excluding hydrogens is 384 g/mol. The summed E-state index contributed by atoms with van der Waals surface area (Å²) in [6.45, 7) is 9.86. The number of rotatable bonds is 4. The first kappa shape index (κ1) is 21.5. The molecular formula is C23H30N2O3S. The lowest BCUT2D eigenvalue weighted by Gasteiger charge is -2.34. The Hall–Kier alpha value is -2.18. The van der Waals surface area contributed by atoms with E-state index in [0.29, 0.717) is 36.6 Å². The number of hydrogen-bond acceptors (Lipinski definition) is 3. The first-order chi connectivity index (χ1) is 13.6. The average Bonchev–Trinajstić information content (AvgIpc) is 2.73. The van der Waals surface area contributed by atoms with Crippen LogP contribution in [0.1, 0.15) is 49.2 Å². The van der Waals surface area contributed by atoms with Crippen LogP contribution >= 0.6 is 0 Å². The molecule has 1 aliphatic rings. The van der Waals surface area contributed by atoms with Crippen LogP contribution in [0.15, 0.2) is 53.4 Å². The standard InChI is InChI=1S/C23H30N2O3S/c1-5-18-6-12-21(13-7-18)29(27,28)25-16-14-24(15-17-25)22(26)19-8-10-20(11-9-19)23(2,3)4/h6-13H,5,14-17H2,1-4H3. The van der Waals surface area contributed by atoms with Gasteiger partial charge in [0.2, 0.25) is 10.0 Å². The van der Waals surface area contributed by atoms with E-state index >= 15 is 0 Å². The molecule has 6 heteroatoms. The van der Waals surface area contributed by atoms with E-state index in [1.165, 1.54) is 9.87 Å². The van der Waals surface area contributed by atoms with Gasteiger partial charge in [-0.2, -0.15) is 4.31 Å². The summed E-state index contributed by atoms with van der Waals surface area (Å²) in [6, 6.07) is 14.8. The summed E-state index contributed by atoms with van der Waals surface area (Å²) in [7, 11) is -3.53. The Bertz CT molecular complexity index is 951. The second-order valence-electron chi connectivity index (χ2n) is 8.52. The van der Waals surface area contributed by atoms with Gasteiger partial charge in [-0.05, 0) is 47.2 Å². The zero-order chi connectivity index (χ0) is 21.2. The topological polar surface area (TPSA) is 57.7 Å². The summed E-state index contributed by atoms with van der Waals surface area (Å²) in [4.78, 5) is 14.9. The second-order valence-corrected chi connectivity index (χ2v) is 10.5. The Balaban J connectivity index is 1.65. The van der Waals surface area contributed by atoms with Gasteiger partial charge in [0.15, 0.2) is 0 Å². The van der Waals surface area contributed by atoms with Crippen molar-refractivity contribution in [2.24, 2.45) is 0 Å². The van der Waals surface area contributed by atoms with Crippen molar-refractivity contribution in [3.05, 3.63) is 65.2 Å². The van der Waals surface area contributed by atoms with Gasteiger partial charge in [0.25, 0.3) is 5.91 Å². The molecule has 0 spiro atoms. The van der Waals surface area contributed by atoms with E-state index in [2.05, 4.69) is 20.8 Å². The maximum atomic E-state index is 12.9. The number of aryl methyl sites for hydroxylation is 1. The lowest BCUT2D eigenvalue weighted by molar-refractivity contribution is 0.0698. The van der Waals surface area contributed by atoms with Crippen LogP contribution in [0.25, 0.3) is 0 Å². The minimum absolute atomic E-state index is 0.0386. The first-order valence-corrected chi connectivity index (χ1v) is 11.6. The largest absolute Gasteiger partial charge is 0.336 e. The maximum Gasteiger partial charge on any atom is 0.253 e. The third-order valence-corrected chi connectivity index (χ3v) is 7.41. The van der Waals surface area contributed by atoms with Crippen LogP contribution in [0.4, 0.5) is 0 Å². The van der Waals surface area contributed by atoms with Gasteiger partial charge in [-0.3, -0.25) is 4.79 Å². The quantitative estimate of drug-likeness (QED) is 0.767. The summed E-state index contributed by atoms with van der Waals surface area (Å²) >= 11 is 0. The van der Waals surface area contributed by atoms with Gasteiger partial charge in [-0.15, -0.1) is 0 Å². The van der Waals surface area contributed by atoms with E-state index in [9.17, 15) is 13.2 Å². The smallest absolute Gasteiger partial charge is 0.253 e. The zero-order valence-electron chi connectivity index (χ0n) is 17.7. The van der Waals surface area contributed by atoms with Crippen LogP contribution in [0, 0.1) is 0 Å². The van der Waals surface area contributed by atoms with Crippen LogP contribution in [0.5, 0.6) is 0 Å². The molecule has 3 rings (SSSR count). The fourth-order valence-electron chi connectivity index (χ4n) is 3.47. The van der Waals surface area contributed by atoms with E-state index < -0.39 is 10.0 Å². The minimum Gasteiger partial charge on any atom is -0.336 e. The molecule has 0 aliphatic carbocycles. The summed E-state index contributed by atoms with van der Waals surface area (Å²) in [6.07, 6.45) is 0.873. The highest BCUT2D eigenvalue weighted by atomic mass is 32.2. The first-order valence-electron chi connectivity index (χ1n) is 10.1. The monoisotopic (exact) mass is 414 g/mol. The lowest BCUT2D eigenvalue weighted by Crippen LogP contribution is -2.50. The van der Waals surface area contributed by atoms with Crippen LogP contribution in [-0.2, 0) is 21.9 Å². The molecule has 0 unspecified atom stereocenters. The number of sulfonamides is 1. The Morgan fingerprint density at radius 2 is 1.45 bits per heavy atom. The number of hydrogen-bond donors (Lipinski definition) is 0. The molecule has 0 N–H and O–H groups in total. The molecule has 1 heterocycles. The third-order valence-electron chi connectivity index (χ3n) is 5.49. The van der Waals surface area contributed by atoms with Gasteiger partial charge in [-0.1, -0.05) is 52.0 Å². The fourth-order valence-corrected chi connectivity index (χ4v) is 4.90. The Morgan fingerprint density at radius 1 is 0.897 bits per heavy atom. The van der Waals surface area contributed by atoms with Gasteiger partial charge in [0.1, 0.15) is 0 Å². The van der Waals surface area contributed by atoms with Crippen molar-refractivity contribution in [1.82, 2.24) is 9.21 Å². The summed E-state index contributed by atoms with van der Waals surface area (Å²) in [5.74, 6) is -0.0465. The molecule has 0 radical (unpaired) electrons. The average molecular weight is 415 g/mol. The van der Waals surface area contributed by atoms with Crippen molar-refractivity contribution < 1.29 is 13.2 Å². The molecule has 0 bridgehead atoms. The number of piperazine rings is 1. The highest BCUT2D eigenvalue weighted by molar-refractivity contribution is 7.89. The molecule has 29 heavy (non-hydrogen) atoms. The highest BCUT2D eigenvalue weighted by Crippen LogP contribution is 2.23. The third kappa shape index (κ3) is 4.70. The van der Waals surface area contributed by atoms with Crippen molar-refractivity contribution in [1.29, 1.82) is 0 Å². The number of nitrogens with zero attached hydrogens (tertiary/aromatic N) is 2. The molecule has 2 aromatic carbocycles. The van der Waals surface area contributed by atoms with Gasteiger partial charge < -0.3 is 4.90 Å². The number of carbonyl (C=O) groups excluding carboxylic acids is 1. The predicted molar refractivity (Wildman–Crippen MR) is 116 cm³/mol. The molecule has 1 amide bonds. The van der Waals surface area contributed by atoms with Crippen molar-refractivity contribution in [2.75, 3.05) is 26.2 Å². The molecule has 2 aromatic rings. The Morgan fingerprint density at radius 3 is 1.93 bits per heavy atom. The van der Waals surface area contributed by atoms with Crippen molar-refractivity contribution >= 4 is 15.9 Å². The van der Waals surface area contributed by atoms with Crippen molar-refractivity contribution in [2.45, 2.75) is 44.4 Å². The molecule has 5 nitrogen and oxygen atoms in total. The normalized spacial score (nSPS) is 16.1. The zero-order valence-corrected chi connectivity index (χ0v) is 18.5. The summed E-state index contributed by atoms with van der Waals surface area (Å²) in [5, 5.41) is 0. The van der Waals surface area contributed by atoms with E-state index in [1.54, 1.807) is 17.0 Å². The Kier molecular flexibility index (Phi) is 6.15. The summed E-state index contributed by atoms with van der Waals surface area (Å²) < 4.78 is 27.2. The van der Waals surface area contributed by atoms with Gasteiger partial charge >= 0.3 is 0 Å². The lowest BCUT2D eigenvalue weighted by atomic mass is 9.86. The van der Waals surface area contributed by atoms with Crippen molar-refractivity contribution in [3.63, 3.8) is 0 Å². The maximum absolute atomic E-state index is 12.9. The van der Waals surface area contributed by atoms with Crippen LogP contribution in [-0.4, -0.2) is 49.7 Å². The van der Waals surface area contributed by atoms with E-state index in [-0.39, 0.29) is 11.3 Å². The second kappa shape index (κ2) is 8.28. The molecule has 0 atom stereocenters. The molecule has 1 fully saturated rings. The van der Waals surface area contributed by atoms with Gasteiger partial charge in [0.05, 0.1) is 4.90 Å². The molecule has 0 saturated carbocycles. The predicted octanol–water partition coefficient (Wildman–Crippen LogP) is 3.69. The van der Waals surface area contributed by atoms with E-state index in [0.717, 1.165) is 12.0 Å². The molecule has 1 saturated heterocycles. The van der Waals surface area contributed by atoms with Crippen LogP contribution < -0.4 is 0 Å². The number of amides is 1. The van der Waals surface area contributed by atoms with E-state index in [4.69, 9.17) is 0 Å². The fraction of sp³-hybridized carbons (Fsp3) is 0.435. The number of carbonyl (C=O) groups is 1. The Labute approximate surface area is 174 Å². The highest BCUT2D eigenvalue weighted by Gasteiger charge is 2.30. The molecule has 1 aliphatic heterocycles. The van der Waals surface area contributed by atoms with E-state index in [1.807, 2.05) is 43.3 Å². The summed E-state index contributed by atoms with van der Waals surface area (Å²) in [5.41, 5.74) is 2.97. The van der Waals surface area contributed by atoms with Crippen molar-refractivity contribution in [3.8, 4) is 0 Å². The van der Waals surface area contributed by atoms with Crippen LogP contribution in [0.3, 0.4) is 0 Å². The molecule has 156 valence electrons. The van der Waals surface area contributed by atoms with Gasteiger partial charge in [0, 0.05) is 31.7 Å². The SMILES string of the molecule is CCc1ccc(S(=O)(=O)N2CCN(C(=O)c3ccc(C(C)(C)C)cc3)CC2)cc1.